The van der Waals surface area contributed by atoms with Crippen molar-refractivity contribution in [3.63, 3.8) is 0 Å². The second kappa shape index (κ2) is 6.66. The third-order valence-electron chi connectivity index (χ3n) is 3.80. The molecule has 5 nitrogen and oxygen atoms in total. The first-order valence-corrected chi connectivity index (χ1v) is 7.31. The maximum atomic E-state index is 12.3. The summed E-state index contributed by atoms with van der Waals surface area (Å²) >= 11 is 0. The summed E-state index contributed by atoms with van der Waals surface area (Å²) in [6.07, 6.45) is 2.17. The summed E-state index contributed by atoms with van der Waals surface area (Å²) in [6.45, 7) is 5.39. The van der Waals surface area contributed by atoms with Gasteiger partial charge in [-0.05, 0) is 20.3 Å². The Hall–Kier alpha value is -2.27. The van der Waals surface area contributed by atoms with Crippen molar-refractivity contribution in [3.8, 4) is 11.4 Å². The van der Waals surface area contributed by atoms with E-state index in [4.69, 9.17) is 0 Å². The molecule has 1 atom stereocenters. The fraction of sp³-hybridized carbons (Fsp3) is 0.353. The number of hydrogen-bond donors (Lipinski definition) is 2. The first-order chi connectivity index (χ1) is 10.5. The Morgan fingerprint density at radius 2 is 2.00 bits per heavy atom. The highest BCUT2D eigenvalue weighted by Gasteiger charge is 2.25. The van der Waals surface area contributed by atoms with Crippen LogP contribution in [0, 0.1) is 6.92 Å². The molecule has 116 valence electrons. The first-order valence-electron chi connectivity index (χ1n) is 7.31. The standard InChI is InChI=1S/C17H21N3O2/c1-4-17(3,11-21)20-16(22)14-10-18-15(19-12(14)2)13-8-6-5-7-9-13/h5-10,21H,4,11H2,1-3H3,(H,20,22)/t17-/m0/s1. The van der Waals surface area contributed by atoms with Crippen molar-refractivity contribution in [2.24, 2.45) is 0 Å². The minimum atomic E-state index is -0.637. The van der Waals surface area contributed by atoms with E-state index in [1.54, 1.807) is 13.8 Å². The van der Waals surface area contributed by atoms with Crippen molar-refractivity contribution in [2.75, 3.05) is 6.61 Å². The molecule has 0 spiro atoms. The van der Waals surface area contributed by atoms with Gasteiger partial charge in [0.1, 0.15) is 0 Å². The zero-order valence-electron chi connectivity index (χ0n) is 13.1. The second-order valence-electron chi connectivity index (χ2n) is 5.59. The largest absolute Gasteiger partial charge is 0.394 e. The molecule has 2 N–H and O–H groups in total. The van der Waals surface area contributed by atoms with E-state index in [0.717, 1.165) is 5.56 Å². The van der Waals surface area contributed by atoms with Gasteiger partial charge in [-0.3, -0.25) is 4.79 Å². The summed E-state index contributed by atoms with van der Waals surface area (Å²) in [5.74, 6) is 0.325. The zero-order valence-corrected chi connectivity index (χ0v) is 13.1. The van der Waals surface area contributed by atoms with Crippen LogP contribution in [0.1, 0.15) is 36.3 Å². The predicted octanol–water partition coefficient (Wildman–Crippen LogP) is 2.34. The lowest BCUT2D eigenvalue weighted by molar-refractivity contribution is 0.0846. The lowest BCUT2D eigenvalue weighted by Crippen LogP contribution is -2.48. The van der Waals surface area contributed by atoms with Gasteiger partial charge in [0.15, 0.2) is 5.82 Å². The normalized spacial score (nSPS) is 13.5. The number of aromatic nitrogens is 2. The van der Waals surface area contributed by atoms with Crippen LogP contribution in [0.3, 0.4) is 0 Å². The van der Waals surface area contributed by atoms with Gasteiger partial charge in [0.2, 0.25) is 0 Å². The molecule has 1 heterocycles. The maximum Gasteiger partial charge on any atom is 0.255 e. The number of rotatable bonds is 5. The fourth-order valence-electron chi connectivity index (χ4n) is 2.00. The lowest BCUT2D eigenvalue weighted by atomic mass is 9.99. The van der Waals surface area contributed by atoms with Gasteiger partial charge in [-0.2, -0.15) is 0 Å². The highest BCUT2D eigenvalue weighted by molar-refractivity contribution is 5.95. The number of nitrogens with zero attached hydrogens (tertiary/aromatic N) is 2. The second-order valence-corrected chi connectivity index (χ2v) is 5.59. The molecule has 2 rings (SSSR count). The quantitative estimate of drug-likeness (QED) is 0.888. The van der Waals surface area contributed by atoms with E-state index in [0.29, 0.717) is 23.5 Å². The third kappa shape index (κ3) is 3.49. The number of aliphatic hydroxyl groups excluding tert-OH is 1. The van der Waals surface area contributed by atoms with E-state index < -0.39 is 5.54 Å². The van der Waals surface area contributed by atoms with Crippen LogP contribution < -0.4 is 5.32 Å². The van der Waals surface area contributed by atoms with Crippen molar-refractivity contribution in [1.82, 2.24) is 15.3 Å². The predicted molar refractivity (Wildman–Crippen MR) is 85.5 cm³/mol. The minimum absolute atomic E-state index is 0.114. The topological polar surface area (TPSA) is 75.1 Å². The zero-order chi connectivity index (χ0) is 16.2. The van der Waals surface area contributed by atoms with Gasteiger partial charge in [0, 0.05) is 11.8 Å². The third-order valence-corrected chi connectivity index (χ3v) is 3.80. The number of carbonyl (C=O) groups is 1. The molecule has 1 aromatic heterocycles. The Labute approximate surface area is 130 Å². The molecule has 1 amide bonds. The Balaban J connectivity index is 2.25. The van der Waals surface area contributed by atoms with Gasteiger partial charge in [0.05, 0.1) is 23.4 Å². The van der Waals surface area contributed by atoms with E-state index in [1.807, 2.05) is 37.3 Å². The molecule has 1 aromatic carbocycles. The van der Waals surface area contributed by atoms with E-state index in [2.05, 4.69) is 15.3 Å². The molecule has 22 heavy (non-hydrogen) atoms. The van der Waals surface area contributed by atoms with Crippen LogP contribution in [0.5, 0.6) is 0 Å². The van der Waals surface area contributed by atoms with Crippen molar-refractivity contribution < 1.29 is 9.90 Å². The summed E-state index contributed by atoms with van der Waals surface area (Å²) in [6, 6.07) is 9.62. The van der Waals surface area contributed by atoms with Gasteiger partial charge in [-0.25, -0.2) is 9.97 Å². The van der Waals surface area contributed by atoms with Crippen LogP contribution in [-0.4, -0.2) is 33.1 Å². The van der Waals surface area contributed by atoms with Gasteiger partial charge >= 0.3 is 0 Å². The molecule has 0 fully saturated rings. The molecule has 0 unspecified atom stereocenters. The minimum Gasteiger partial charge on any atom is -0.394 e. The van der Waals surface area contributed by atoms with Crippen molar-refractivity contribution in [3.05, 3.63) is 47.8 Å². The molecule has 0 aliphatic carbocycles. The van der Waals surface area contributed by atoms with Gasteiger partial charge in [-0.15, -0.1) is 0 Å². The van der Waals surface area contributed by atoms with Crippen molar-refractivity contribution >= 4 is 5.91 Å². The van der Waals surface area contributed by atoms with Gasteiger partial charge < -0.3 is 10.4 Å². The smallest absolute Gasteiger partial charge is 0.255 e. The number of benzene rings is 1. The van der Waals surface area contributed by atoms with Crippen LogP contribution in [0.25, 0.3) is 11.4 Å². The number of aryl methyl sites for hydroxylation is 1. The summed E-state index contributed by atoms with van der Waals surface area (Å²) in [7, 11) is 0. The van der Waals surface area contributed by atoms with Crippen LogP contribution in [0.2, 0.25) is 0 Å². The van der Waals surface area contributed by atoms with E-state index in [1.165, 1.54) is 6.20 Å². The number of hydrogen-bond acceptors (Lipinski definition) is 4. The molecule has 0 bridgehead atoms. The van der Waals surface area contributed by atoms with Crippen molar-refractivity contribution in [1.29, 1.82) is 0 Å². The molecule has 0 radical (unpaired) electrons. The Kier molecular flexibility index (Phi) is 4.88. The molecule has 0 aliphatic rings. The summed E-state index contributed by atoms with van der Waals surface area (Å²) in [4.78, 5) is 21.0. The summed E-state index contributed by atoms with van der Waals surface area (Å²) in [5, 5.41) is 12.2. The Morgan fingerprint density at radius 3 is 2.55 bits per heavy atom. The average molecular weight is 299 g/mol. The SMILES string of the molecule is CC[C@@](C)(CO)NC(=O)c1cnc(-c2ccccc2)nc1C. The molecule has 0 aliphatic heterocycles. The molecule has 2 aromatic rings. The summed E-state index contributed by atoms with van der Waals surface area (Å²) in [5.41, 5.74) is 1.31. The van der Waals surface area contributed by atoms with Crippen LogP contribution in [0.15, 0.2) is 36.5 Å². The molecular formula is C17H21N3O2. The number of amides is 1. The van der Waals surface area contributed by atoms with Crippen molar-refractivity contribution in [2.45, 2.75) is 32.7 Å². The van der Waals surface area contributed by atoms with Crippen LogP contribution >= 0.6 is 0 Å². The highest BCUT2D eigenvalue weighted by Crippen LogP contribution is 2.16. The first kappa shape index (κ1) is 16.1. The highest BCUT2D eigenvalue weighted by atomic mass is 16.3. The van der Waals surface area contributed by atoms with Gasteiger partial charge in [-0.1, -0.05) is 37.3 Å². The maximum absolute atomic E-state index is 12.3. The van der Waals surface area contributed by atoms with Crippen LogP contribution in [-0.2, 0) is 0 Å². The molecule has 0 saturated carbocycles. The Bertz CT molecular complexity index is 652. The lowest BCUT2D eigenvalue weighted by Gasteiger charge is -2.27. The number of carbonyl (C=O) groups excluding carboxylic acids is 1. The molecular weight excluding hydrogens is 278 g/mol. The van der Waals surface area contributed by atoms with Crippen LogP contribution in [0.4, 0.5) is 0 Å². The Morgan fingerprint density at radius 1 is 1.32 bits per heavy atom. The number of aliphatic hydroxyl groups is 1. The number of nitrogens with one attached hydrogen (secondary N) is 1. The van der Waals surface area contributed by atoms with E-state index in [-0.39, 0.29) is 12.5 Å². The summed E-state index contributed by atoms with van der Waals surface area (Å²) < 4.78 is 0. The fourth-order valence-corrected chi connectivity index (χ4v) is 2.00. The van der Waals surface area contributed by atoms with E-state index in [9.17, 15) is 9.90 Å². The average Bonchev–Trinajstić information content (AvgIpc) is 2.55. The molecule has 0 saturated heterocycles. The van der Waals surface area contributed by atoms with E-state index >= 15 is 0 Å². The van der Waals surface area contributed by atoms with Gasteiger partial charge in [0.25, 0.3) is 5.91 Å². The molecule has 5 heteroatoms. The monoisotopic (exact) mass is 299 g/mol.